The van der Waals surface area contributed by atoms with Crippen molar-refractivity contribution >= 4 is 23.2 Å². The van der Waals surface area contributed by atoms with Crippen LogP contribution in [0.3, 0.4) is 0 Å². The van der Waals surface area contributed by atoms with Crippen LogP contribution in [0.4, 0.5) is 11.4 Å². The molecule has 0 aromatic heterocycles. The van der Waals surface area contributed by atoms with Gasteiger partial charge in [-0.05, 0) is 35.4 Å². The number of para-hydroxylation sites is 2. The number of benzene rings is 4. The lowest BCUT2D eigenvalue weighted by Crippen LogP contribution is -2.38. The third kappa shape index (κ3) is 3.14. The summed E-state index contributed by atoms with van der Waals surface area (Å²) < 4.78 is 0. The number of rotatable bonds is 4. The molecule has 2 heterocycles. The van der Waals surface area contributed by atoms with Crippen molar-refractivity contribution in [3.8, 4) is 0 Å². The summed E-state index contributed by atoms with van der Waals surface area (Å²) in [6.45, 7) is 0. The van der Waals surface area contributed by atoms with Gasteiger partial charge in [-0.1, -0.05) is 97.1 Å². The lowest BCUT2D eigenvalue weighted by molar-refractivity contribution is -0.123. The number of nitrogens with zero attached hydrogens (tertiary/aromatic N) is 2. The number of hydrogen-bond acceptors (Lipinski definition) is 3. The Bertz CT molecular complexity index is 1240. The third-order valence-electron chi connectivity index (χ3n) is 7.03. The minimum atomic E-state index is -0.486. The second-order valence-corrected chi connectivity index (χ2v) is 8.85. The minimum Gasteiger partial charge on any atom is -0.356 e. The molecule has 2 saturated heterocycles. The van der Waals surface area contributed by atoms with Crippen LogP contribution in [0.15, 0.2) is 121 Å². The summed E-state index contributed by atoms with van der Waals surface area (Å²) >= 11 is 0. The number of anilines is 2. The zero-order valence-corrected chi connectivity index (χ0v) is 18.6. The van der Waals surface area contributed by atoms with Crippen molar-refractivity contribution in [1.82, 2.24) is 0 Å². The fraction of sp³-hybridized carbons (Fsp3) is 0.133. The quantitative estimate of drug-likeness (QED) is 0.374. The van der Waals surface area contributed by atoms with E-state index in [0.29, 0.717) is 5.69 Å². The second kappa shape index (κ2) is 8.31. The molecule has 0 unspecified atom stereocenters. The van der Waals surface area contributed by atoms with Gasteiger partial charge in [0.25, 0.3) is 0 Å². The molecule has 0 aliphatic carbocycles. The number of carbonyl (C=O) groups excluding carboxylic acids is 2. The summed E-state index contributed by atoms with van der Waals surface area (Å²) in [7, 11) is 0. The minimum absolute atomic E-state index is 0.130. The van der Waals surface area contributed by atoms with Crippen LogP contribution >= 0.6 is 0 Å². The monoisotopic (exact) mass is 444 g/mol. The normalized spacial score (nSPS) is 23.9. The van der Waals surface area contributed by atoms with Crippen LogP contribution in [0.2, 0.25) is 0 Å². The summed E-state index contributed by atoms with van der Waals surface area (Å²) in [6.07, 6.45) is 0. The number of hydrogen-bond donors (Lipinski definition) is 0. The molecule has 2 amide bonds. The Morgan fingerprint density at radius 2 is 0.794 bits per heavy atom. The Kier molecular flexibility index (Phi) is 4.99. The van der Waals surface area contributed by atoms with Crippen molar-refractivity contribution in [1.29, 1.82) is 0 Å². The van der Waals surface area contributed by atoms with Gasteiger partial charge in [0.05, 0.1) is 29.6 Å². The molecular weight excluding hydrogens is 420 g/mol. The third-order valence-corrected chi connectivity index (χ3v) is 7.03. The predicted molar refractivity (Wildman–Crippen MR) is 133 cm³/mol. The smallest absolute Gasteiger partial charge is 0.240 e. The standard InChI is InChI=1S/C30H24N2O2/c33-29-25-26(30(34)32(29)24-19-11-4-12-20-24)28(22-15-7-2-8-16-22)31(23-17-9-3-10-18-23)27(25)21-13-5-1-6-14-21/h1-20,25-28H/t25-,26+,27-,28+. The van der Waals surface area contributed by atoms with Crippen LogP contribution in [0, 0.1) is 11.8 Å². The number of fused-ring (bicyclic) bond motifs is 1. The molecule has 0 spiro atoms. The molecule has 2 fully saturated rings. The molecule has 2 aliphatic rings. The summed E-state index contributed by atoms with van der Waals surface area (Å²) in [5.41, 5.74) is 3.72. The van der Waals surface area contributed by atoms with Crippen LogP contribution in [-0.4, -0.2) is 11.8 Å². The average Bonchev–Trinajstić information content (AvgIpc) is 3.39. The highest BCUT2D eigenvalue weighted by Crippen LogP contribution is 2.57. The molecule has 0 radical (unpaired) electrons. The fourth-order valence-electron chi connectivity index (χ4n) is 5.69. The van der Waals surface area contributed by atoms with E-state index >= 15 is 0 Å². The maximum absolute atomic E-state index is 14.0. The summed E-state index contributed by atoms with van der Waals surface area (Å²) in [5.74, 6) is -1.23. The van der Waals surface area contributed by atoms with E-state index in [0.717, 1.165) is 16.8 Å². The molecule has 2 aliphatic heterocycles. The number of amides is 2. The van der Waals surface area contributed by atoms with Gasteiger partial charge in [-0.3, -0.25) is 9.59 Å². The molecular formula is C30H24N2O2. The van der Waals surface area contributed by atoms with Crippen molar-refractivity contribution in [2.45, 2.75) is 12.1 Å². The summed E-state index contributed by atoms with van der Waals surface area (Å²) in [5, 5.41) is 0. The highest BCUT2D eigenvalue weighted by Gasteiger charge is 2.63. The zero-order valence-electron chi connectivity index (χ0n) is 18.6. The van der Waals surface area contributed by atoms with Gasteiger partial charge in [-0.25, -0.2) is 4.90 Å². The van der Waals surface area contributed by atoms with E-state index in [1.807, 2.05) is 84.9 Å². The molecule has 6 rings (SSSR count). The average molecular weight is 445 g/mol. The molecule has 0 bridgehead atoms. The van der Waals surface area contributed by atoms with E-state index in [1.54, 1.807) is 0 Å². The van der Waals surface area contributed by atoms with Gasteiger partial charge in [0.2, 0.25) is 11.8 Å². The van der Waals surface area contributed by atoms with Gasteiger partial charge in [0.15, 0.2) is 0 Å². The van der Waals surface area contributed by atoms with E-state index < -0.39 is 11.8 Å². The molecule has 34 heavy (non-hydrogen) atoms. The Morgan fingerprint density at radius 3 is 1.21 bits per heavy atom. The van der Waals surface area contributed by atoms with E-state index in [2.05, 4.69) is 41.3 Å². The fourth-order valence-corrected chi connectivity index (χ4v) is 5.69. The molecule has 4 nitrogen and oxygen atoms in total. The maximum Gasteiger partial charge on any atom is 0.240 e. The predicted octanol–water partition coefficient (Wildman–Crippen LogP) is 5.80. The maximum atomic E-state index is 14.0. The van der Waals surface area contributed by atoms with Crippen molar-refractivity contribution in [3.63, 3.8) is 0 Å². The molecule has 4 aromatic rings. The SMILES string of the molecule is O=C1[C@@H]2[C@H](C(=O)N1c1ccccc1)[C@H](c1ccccc1)N(c1ccccc1)[C@@H]2c1ccccc1. The summed E-state index contributed by atoms with van der Waals surface area (Å²) in [6, 6.07) is 39.1. The first kappa shape index (κ1) is 20.4. The number of carbonyl (C=O) groups is 2. The Balaban J connectivity index is 1.57. The molecule has 4 atom stereocenters. The molecule has 0 N–H and O–H groups in total. The lowest BCUT2D eigenvalue weighted by Gasteiger charge is -2.36. The highest BCUT2D eigenvalue weighted by molar-refractivity contribution is 6.23. The van der Waals surface area contributed by atoms with Gasteiger partial charge in [0.1, 0.15) is 0 Å². The molecule has 4 aromatic carbocycles. The van der Waals surface area contributed by atoms with Crippen LogP contribution in [0.25, 0.3) is 0 Å². The first-order valence-electron chi connectivity index (χ1n) is 11.6. The first-order chi connectivity index (χ1) is 16.8. The van der Waals surface area contributed by atoms with Crippen LogP contribution in [0.1, 0.15) is 23.2 Å². The van der Waals surface area contributed by atoms with Crippen molar-refractivity contribution in [2.24, 2.45) is 11.8 Å². The first-order valence-corrected chi connectivity index (χ1v) is 11.6. The van der Waals surface area contributed by atoms with Crippen molar-refractivity contribution in [2.75, 3.05) is 9.80 Å². The number of imide groups is 1. The van der Waals surface area contributed by atoms with Gasteiger partial charge >= 0.3 is 0 Å². The van der Waals surface area contributed by atoms with Crippen LogP contribution < -0.4 is 9.80 Å². The largest absolute Gasteiger partial charge is 0.356 e. The zero-order chi connectivity index (χ0) is 23.1. The highest BCUT2D eigenvalue weighted by atomic mass is 16.2. The van der Waals surface area contributed by atoms with E-state index in [4.69, 9.17) is 0 Å². The lowest BCUT2D eigenvalue weighted by atomic mass is 9.84. The Hall–Kier alpha value is -4.18. The topological polar surface area (TPSA) is 40.6 Å². The van der Waals surface area contributed by atoms with Gasteiger partial charge in [-0.2, -0.15) is 0 Å². The van der Waals surface area contributed by atoms with Crippen molar-refractivity contribution < 1.29 is 9.59 Å². The second-order valence-electron chi connectivity index (χ2n) is 8.85. The molecule has 0 saturated carbocycles. The van der Waals surface area contributed by atoms with E-state index in [1.165, 1.54) is 4.90 Å². The van der Waals surface area contributed by atoms with Crippen LogP contribution in [-0.2, 0) is 9.59 Å². The van der Waals surface area contributed by atoms with Gasteiger partial charge in [0, 0.05) is 5.69 Å². The van der Waals surface area contributed by atoms with Crippen molar-refractivity contribution in [3.05, 3.63) is 132 Å². The Labute approximate surface area is 199 Å². The van der Waals surface area contributed by atoms with E-state index in [-0.39, 0.29) is 23.9 Å². The Morgan fingerprint density at radius 1 is 0.441 bits per heavy atom. The van der Waals surface area contributed by atoms with Crippen LogP contribution in [0.5, 0.6) is 0 Å². The molecule has 4 heteroatoms. The van der Waals surface area contributed by atoms with Gasteiger partial charge < -0.3 is 4.90 Å². The molecule has 166 valence electrons. The van der Waals surface area contributed by atoms with Gasteiger partial charge in [-0.15, -0.1) is 0 Å². The summed E-state index contributed by atoms with van der Waals surface area (Å²) in [4.78, 5) is 31.7. The van der Waals surface area contributed by atoms with E-state index in [9.17, 15) is 9.59 Å².